The fourth-order valence-corrected chi connectivity index (χ4v) is 4.29. The highest BCUT2D eigenvalue weighted by atomic mass is 35.5. The zero-order chi connectivity index (χ0) is 22.8. The van der Waals surface area contributed by atoms with Crippen molar-refractivity contribution in [2.75, 3.05) is 22.6 Å². The molecular weight excluding hydrogens is 454 g/mol. The lowest BCUT2D eigenvalue weighted by Crippen LogP contribution is -2.41. The third kappa shape index (κ3) is 4.37. The van der Waals surface area contributed by atoms with Gasteiger partial charge in [-0.1, -0.05) is 35.5 Å². The zero-order valence-corrected chi connectivity index (χ0v) is 18.9. The van der Waals surface area contributed by atoms with E-state index in [0.717, 1.165) is 0 Å². The normalized spacial score (nSPS) is 14.0. The molecule has 0 bridgehead atoms. The van der Waals surface area contributed by atoms with Gasteiger partial charge in [0.25, 0.3) is 5.91 Å². The summed E-state index contributed by atoms with van der Waals surface area (Å²) >= 11 is 7.10. The van der Waals surface area contributed by atoms with Gasteiger partial charge in [0.05, 0.1) is 23.2 Å². The van der Waals surface area contributed by atoms with Gasteiger partial charge in [-0.05, 0) is 37.3 Å². The summed E-state index contributed by atoms with van der Waals surface area (Å²) in [6, 6.07) is 11.3. The number of benzene rings is 2. The number of carbonyl (C=O) groups is 2. The van der Waals surface area contributed by atoms with Gasteiger partial charge in [0.15, 0.2) is 17.6 Å². The molecule has 9 nitrogen and oxygen atoms in total. The molecule has 1 atom stereocenters. The Morgan fingerprint density at radius 2 is 2.09 bits per heavy atom. The average Bonchev–Trinajstić information content (AvgIpc) is 3.14. The molecule has 0 fully saturated rings. The minimum atomic E-state index is -0.392. The lowest BCUT2D eigenvalue weighted by Gasteiger charge is -2.33. The molecule has 2 heterocycles. The highest BCUT2D eigenvalue weighted by Crippen LogP contribution is 2.37. The van der Waals surface area contributed by atoms with Crippen molar-refractivity contribution in [3.8, 4) is 11.5 Å². The van der Waals surface area contributed by atoms with E-state index in [1.165, 1.54) is 30.0 Å². The highest BCUT2D eigenvalue weighted by Gasteiger charge is 2.32. The van der Waals surface area contributed by atoms with Gasteiger partial charge >= 0.3 is 0 Å². The number of phenols is 1. The maximum Gasteiger partial charge on any atom is 0.265 e. The SMILES string of the molecule is C[C@H](c1nnc(SCC(=O)Nc2cc(Cl)ccc2O)n1C)N1C(=O)COc2ccccc21. The first-order valence-corrected chi connectivity index (χ1v) is 11.1. The van der Waals surface area contributed by atoms with Crippen LogP contribution in [0.15, 0.2) is 47.6 Å². The van der Waals surface area contributed by atoms with Crippen LogP contribution < -0.4 is 15.0 Å². The number of halogens is 1. The second-order valence-electron chi connectivity index (χ2n) is 7.09. The van der Waals surface area contributed by atoms with E-state index in [9.17, 15) is 14.7 Å². The van der Waals surface area contributed by atoms with Gasteiger partial charge < -0.3 is 19.7 Å². The third-order valence-electron chi connectivity index (χ3n) is 4.94. The van der Waals surface area contributed by atoms with Gasteiger partial charge in [-0.3, -0.25) is 14.5 Å². The van der Waals surface area contributed by atoms with Gasteiger partial charge in [0, 0.05) is 12.1 Å². The molecule has 32 heavy (non-hydrogen) atoms. The molecule has 1 aromatic heterocycles. The fraction of sp³-hybridized carbons (Fsp3) is 0.238. The molecule has 0 radical (unpaired) electrons. The average molecular weight is 474 g/mol. The number of para-hydroxylation sites is 2. The first kappa shape index (κ1) is 22.0. The van der Waals surface area contributed by atoms with E-state index in [2.05, 4.69) is 15.5 Å². The molecule has 1 aliphatic heterocycles. The van der Waals surface area contributed by atoms with Gasteiger partial charge in [-0.25, -0.2) is 0 Å². The predicted octanol–water partition coefficient (Wildman–Crippen LogP) is 3.39. The molecule has 1 aliphatic rings. The van der Waals surface area contributed by atoms with Crippen molar-refractivity contribution >= 4 is 46.6 Å². The number of fused-ring (bicyclic) bond motifs is 1. The smallest absolute Gasteiger partial charge is 0.265 e. The second kappa shape index (κ2) is 9.09. The Kier molecular flexibility index (Phi) is 6.24. The van der Waals surface area contributed by atoms with Crippen molar-refractivity contribution in [3.05, 3.63) is 53.3 Å². The van der Waals surface area contributed by atoms with E-state index in [-0.39, 0.29) is 35.6 Å². The molecule has 11 heteroatoms. The number of hydrogen-bond donors (Lipinski definition) is 2. The number of hydrogen-bond acceptors (Lipinski definition) is 7. The Labute approximate surface area is 193 Å². The quantitative estimate of drug-likeness (QED) is 0.417. The topological polar surface area (TPSA) is 110 Å². The number of nitrogens with zero attached hydrogens (tertiary/aromatic N) is 4. The zero-order valence-electron chi connectivity index (χ0n) is 17.3. The summed E-state index contributed by atoms with van der Waals surface area (Å²) in [4.78, 5) is 26.5. The van der Waals surface area contributed by atoms with Crippen molar-refractivity contribution in [2.24, 2.45) is 7.05 Å². The van der Waals surface area contributed by atoms with Gasteiger partial charge in [0.1, 0.15) is 11.5 Å². The summed E-state index contributed by atoms with van der Waals surface area (Å²) in [5, 5.41) is 21.8. The van der Waals surface area contributed by atoms with Crippen LogP contribution in [0.2, 0.25) is 5.02 Å². The molecule has 4 rings (SSSR count). The van der Waals surface area contributed by atoms with Gasteiger partial charge in [-0.15, -0.1) is 10.2 Å². The van der Waals surface area contributed by atoms with E-state index < -0.39 is 6.04 Å². The number of ether oxygens (including phenoxy) is 1. The summed E-state index contributed by atoms with van der Waals surface area (Å²) in [5.41, 5.74) is 0.911. The molecule has 166 valence electrons. The van der Waals surface area contributed by atoms with Crippen molar-refractivity contribution < 1.29 is 19.4 Å². The summed E-state index contributed by atoms with van der Waals surface area (Å²) in [6.07, 6.45) is 0. The minimum absolute atomic E-state index is 0.0443. The number of rotatable bonds is 6. The maximum absolute atomic E-state index is 12.6. The van der Waals surface area contributed by atoms with Crippen molar-refractivity contribution in [2.45, 2.75) is 18.1 Å². The fourth-order valence-electron chi connectivity index (χ4n) is 3.40. The molecular formula is C21H20ClN5O4S. The van der Waals surface area contributed by atoms with Crippen molar-refractivity contribution in [1.29, 1.82) is 0 Å². The van der Waals surface area contributed by atoms with Crippen LogP contribution in [0.5, 0.6) is 11.5 Å². The molecule has 0 saturated carbocycles. The van der Waals surface area contributed by atoms with Gasteiger partial charge in [-0.2, -0.15) is 0 Å². The number of thioether (sulfide) groups is 1. The molecule has 2 amide bonds. The minimum Gasteiger partial charge on any atom is -0.506 e. The van der Waals surface area contributed by atoms with E-state index in [1.54, 1.807) is 16.5 Å². The Morgan fingerprint density at radius 1 is 1.31 bits per heavy atom. The number of phenolic OH excluding ortho intramolecular Hbond substituents is 1. The lowest BCUT2D eigenvalue weighted by atomic mass is 10.1. The molecule has 2 aromatic carbocycles. The molecule has 0 unspecified atom stereocenters. The Bertz CT molecular complexity index is 1180. The molecule has 0 spiro atoms. The maximum atomic E-state index is 12.6. The number of aromatic nitrogens is 3. The Hall–Kier alpha value is -3.24. The standard InChI is InChI=1S/C21H20ClN5O4S/c1-12(27-15-5-3-4-6-17(15)31-10-19(27)30)20-24-25-21(26(20)2)32-11-18(29)23-14-9-13(22)7-8-16(14)28/h3-9,12,28H,10-11H2,1-2H3,(H,23,29)/t12-/m1/s1. The van der Waals surface area contributed by atoms with Gasteiger partial charge in [0.2, 0.25) is 5.91 Å². The molecule has 0 aliphatic carbocycles. The van der Waals surface area contributed by atoms with E-state index in [1.807, 2.05) is 31.2 Å². The highest BCUT2D eigenvalue weighted by molar-refractivity contribution is 7.99. The Morgan fingerprint density at radius 3 is 2.91 bits per heavy atom. The monoisotopic (exact) mass is 473 g/mol. The van der Waals surface area contributed by atoms with E-state index in [0.29, 0.717) is 27.4 Å². The third-order valence-corrected chi connectivity index (χ3v) is 6.19. The van der Waals surface area contributed by atoms with Crippen LogP contribution in [0, 0.1) is 0 Å². The number of anilines is 2. The van der Waals surface area contributed by atoms with Crippen LogP contribution in [0.25, 0.3) is 0 Å². The van der Waals surface area contributed by atoms with Crippen LogP contribution >= 0.6 is 23.4 Å². The molecule has 2 N–H and O–H groups in total. The molecule has 0 saturated heterocycles. The Balaban J connectivity index is 1.46. The van der Waals surface area contributed by atoms with Crippen LogP contribution in [0.4, 0.5) is 11.4 Å². The first-order valence-electron chi connectivity index (χ1n) is 9.69. The van der Waals surface area contributed by atoms with Crippen LogP contribution in [0.1, 0.15) is 18.8 Å². The number of aromatic hydroxyl groups is 1. The predicted molar refractivity (Wildman–Crippen MR) is 121 cm³/mol. The number of nitrogens with one attached hydrogen (secondary N) is 1. The number of amides is 2. The number of carbonyl (C=O) groups excluding carboxylic acids is 2. The van der Waals surface area contributed by atoms with Crippen molar-refractivity contribution in [3.63, 3.8) is 0 Å². The summed E-state index contributed by atoms with van der Waals surface area (Å²) in [6.45, 7) is 1.82. The first-order chi connectivity index (χ1) is 15.3. The van der Waals surface area contributed by atoms with Crippen LogP contribution in [-0.4, -0.2) is 44.0 Å². The van der Waals surface area contributed by atoms with Crippen LogP contribution in [0.3, 0.4) is 0 Å². The summed E-state index contributed by atoms with van der Waals surface area (Å²) < 4.78 is 7.26. The van der Waals surface area contributed by atoms with Crippen LogP contribution in [-0.2, 0) is 16.6 Å². The summed E-state index contributed by atoms with van der Waals surface area (Å²) in [5.74, 6) is 0.683. The largest absolute Gasteiger partial charge is 0.506 e. The van der Waals surface area contributed by atoms with Crippen molar-refractivity contribution in [1.82, 2.24) is 14.8 Å². The lowest BCUT2D eigenvalue weighted by molar-refractivity contribution is -0.121. The second-order valence-corrected chi connectivity index (χ2v) is 8.47. The summed E-state index contributed by atoms with van der Waals surface area (Å²) in [7, 11) is 1.78. The van der Waals surface area contributed by atoms with E-state index >= 15 is 0 Å². The molecule has 3 aromatic rings. The van der Waals surface area contributed by atoms with E-state index in [4.69, 9.17) is 16.3 Å².